The standard InChI is InChI=1S/C19H27N5O2/c1-13(2)12-24-17-15(6-5-7-20-17)21-16(19(24)26)18(25)23-10-8-22(9-11-23)14(3)4/h5-7,13-14H,8-12H2,1-4H3. The van der Waals surface area contributed by atoms with Crippen molar-refractivity contribution in [3.8, 4) is 0 Å². The number of carbonyl (C=O) groups is 1. The first kappa shape index (κ1) is 18.5. The summed E-state index contributed by atoms with van der Waals surface area (Å²) in [5, 5.41) is 0. The van der Waals surface area contributed by atoms with Crippen LogP contribution in [0.2, 0.25) is 0 Å². The molecule has 2 aromatic rings. The Hall–Kier alpha value is -2.28. The Morgan fingerprint density at radius 2 is 1.85 bits per heavy atom. The molecule has 0 aliphatic carbocycles. The maximum atomic E-state index is 13.0. The van der Waals surface area contributed by atoms with E-state index in [1.54, 1.807) is 27.8 Å². The molecule has 0 atom stereocenters. The van der Waals surface area contributed by atoms with Crippen LogP contribution in [-0.2, 0) is 6.54 Å². The van der Waals surface area contributed by atoms with Crippen molar-refractivity contribution in [3.05, 3.63) is 34.4 Å². The van der Waals surface area contributed by atoms with E-state index in [-0.39, 0.29) is 23.1 Å². The third kappa shape index (κ3) is 3.62. The van der Waals surface area contributed by atoms with Crippen LogP contribution in [0, 0.1) is 5.92 Å². The second-order valence-electron chi connectivity index (χ2n) is 7.54. The van der Waals surface area contributed by atoms with Crippen molar-refractivity contribution in [1.82, 2.24) is 24.3 Å². The molecule has 1 aliphatic rings. The molecule has 0 aromatic carbocycles. The van der Waals surface area contributed by atoms with Crippen molar-refractivity contribution >= 4 is 17.1 Å². The summed E-state index contributed by atoms with van der Waals surface area (Å²) in [6, 6.07) is 4.03. The van der Waals surface area contributed by atoms with Gasteiger partial charge in [0.05, 0.1) is 0 Å². The molecule has 3 heterocycles. The van der Waals surface area contributed by atoms with E-state index in [2.05, 4.69) is 28.7 Å². The van der Waals surface area contributed by atoms with Gasteiger partial charge in [0.25, 0.3) is 11.5 Å². The minimum atomic E-state index is -0.346. The van der Waals surface area contributed by atoms with Gasteiger partial charge in [0, 0.05) is 45.0 Å². The molecule has 0 unspecified atom stereocenters. The Balaban J connectivity index is 1.96. The number of hydrogen-bond acceptors (Lipinski definition) is 5. The highest BCUT2D eigenvalue weighted by molar-refractivity contribution is 5.93. The monoisotopic (exact) mass is 357 g/mol. The second kappa shape index (κ2) is 7.53. The Kier molecular flexibility index (Phi) is 5.36. The largest absolute Gasteiger partial charge is 0.335 e. The summed E-state index contributed by atoms with van der Waals surface area (Å²) in [5.41, 5.74) is 0.773. The fourth-order valence-corrected chi connectivity index (χ4v) is 3.34. The molecule has 0 saturated carbocycles. The van der Waals surface area contributed by atoms with Gasteiger partial charge in [-0.2, -0.15) is 0 Å². The van der Waals surface area contributed by atoms with Crippen molar-refractivity contribution in [2.24, 2.45) is 5.92 Å². The lowest BCUT2D eigenvalue weighted by Gasteiger charge is -2.36. The van der Waals surface area contributed by atoms with Gasteiger partial charge >= 0.3 is 0 Å². The highest BCUT2D eigenvalue weighted by Crippen LogP contribution is 2.12. The van der Waals surface area contributed by atoms with Crippen LogP contribution in [-0.4, -0.2) is 62.5 Å². The van der Waals surface area contributed by atoms with Crippen LogP contribution in [0.3, 0.4) is 0 Å². The molecule has 0 bridgehead atoms. The van der Waals surface area contributed by atoms with E-state index in [1.807, 2.05) is 13.8 Å². The number of amides is 1. The van der Waals surface area contributed by atoms with E-state index >= 15 is 0 Å². The van der Waals surface area contributed by atoms with E-state index < -0.39 is 0 Å². The van der Waals surface area contributed by atoms with Crippen LogP contribution >= 0.6 is 0 Å². The summed E-state index contributed by atoms with van der Waals surface area (Å²) < 4.78 is 1.59. The van der Waals surface area contributed by atoms with Gasteiger partial charge in [0.2, 0.25) is 0 Å². The molecule has 0 N–H and O–H groups in total. The molecular weight excluding hydrogens is 330 g/mol. The fourth-order valence-electron chi connectivity index (χ4n) is 3.34. The average molecular weight is 357 g/mol. The first-order valence-electron chi connectivity index (χ1n) is 9.27. The Morgan fingerprint density at radius 3 is 2.46 bits per heavy atom. The summed E-state index contributed by atoms with van der Waals surface area (Å²) in [4.78, 5) is 38.7. The number of pyridine rings is 1. The van der Waals surface area contributed by atoms with Gasteiger partial charge in [-0.1, -0.05) is 13.8 Å². The number of carbonyl (C=O) groups excluding carboxylic acids is 1. The van der Waals surface area contributed by atoms with Gasteiger partial charge in [0.1, 0.15) is 5.52 Å². The van der Waals surface area contributed by atoms with Gasteiger partial charge < -0.3 is 4.90 Å². The van der Waals surface area contributed by atoms with E-state index in [0.29, 0.717) is 36.8 Å². The second-order valence-corrected chi connectivity index (χ2v) is 7.54. The predicted molar refractivity (Wildman–Crippen MR) is 101 cm³/mol. The number of aromatic nitrogens is 3. The Morgan fingerprint density at radius 1 is 1.15 bits per heavy atom. The summed E-state index contributed by atoms with van der Waals surface area (Å²) in [6.45, 7) is 11.8. The average Bonchev–Trinajstić information content (AvgIpc) is 2.63. The molecule has 26 heavy (non-hydrogen) atoms. The third-order valence-corrected chi connectivity index (χ3v) is 4.78. The van der Waals surface area contributed by atoms with Gasteiger partial charge in [0.15, 0.2) is 11.3 Å². The molecule has 2 aromatic heterocycles. The minimum absolute atomic E-state index is 0.00384. The summed E-state index contributed by atoms with van der Waals surface area (Å²) in [7, 11) is 0. The van der Waals surface area contributed by atoms with Crippen molar-refractivity contribution in [2.75, 3.05) is 26.2 Å². The van der Waals surface area contributed by atoms with Crippen LogP contribution in [0.5, 0.6) is 0 Å². The summed E-state index contributed by atoms with van der Waals surface area (Å²) >= 11 is 0. The highest BCUT2D eigenvalue weighted by atomic mass is 16.2. The van der Waals surface area contributed by atoms with E-state index in [0.717, 1.165) is 13.1 Å². The topological polar surface area (TPSA) is 71.3 Å². The number of nitrogens with zero attached hydrogens (tertiary/aromatic N) is 5. The van der Waals surface area contributed by atoms with E-state index in [1.165, 1.54) is 0 Å². The number of rotatable bonds is 4. The Labute approximate surface area is 153 Å². The van der Waals surface area contributed by atoms with Gasteiger partial charge in [-0.05, 0) is 31.9 Å². The summed E-state index contributed by atoms with van der Waals surface area (Å²) in [6.07, 6.45) is 1.65. The molecule has 0 spiro atoms. The lowest BCUT2D eigenvalue weighted by atomic mass is 10.2. The summed E-state index contributed by atoms with van der Waals surface area (Å²) in [5.74, 6) is -0.0143. The molecule has 1 saturated heterocycles. The van der Waals surface area contributed by atoms with Crippen LogP contribution < -0.4 is 5.56 Å². The van der Waals surface area contributed by atoms with E-state index in [9.17, 15) is 9.59 Å². The molecular formula is C19H27N5O2. The van der Waals surface area contributed by atoms with E-state index in [4.69, 9.17) is 0 Å². The molecule has 1 fully saturated rings. The maximum absolute atomic E-state index is 13.0. The van der Waals surface area contributed by atoms with Crippen molar-refractivity contribution in [3.63, 3.8) is 0 Å². The van der Waals surface area contributed by atoms with Crippen molar-refractivity contribution < 1.29 is 4.79 Å². The van der Waals surface area contributed by atoms with Gasteiger partial charge in [-0.25, -0.2) is 9.97 Å². The van der Waals surface area contributed by atoms with Crippen molar-refractivity contribution in [1.29, 1.82) is 0 Å². The van der Waals surface area contributed by atoms with Crippen molar-refractivity contribution in [2.45, 2.75) is 40.3 Å². The maximum Gasteiger partial charge on any atom is 0.283 e. The highest BCUT2D eigenvalue weighted by Gasteiger charge is 2.27. The van der Waals surface area contributed by atoms with Crippen LogP contribution in [0.15, 0.2) is 23.1 Å². The fraction of sp³-hybridized carbons (Fsp3) is 0.579. The van der Waals surface area contributed by atoms with Crippen LogP contribution in [0.25, 0.3) is 11.2 Å². The number of piperazine rings is 1. The van der Waals surface area contributed by atoms with Gasteiger partial charge in [-0.15, -0.1) is 0 Å². The van der Waals surface area contributed by atoms with Gasteiger partial charge in [-0.3, -0.25) is 19.1 Å². The minimum Gasteiger partial charge on any atom is -0.335 e. The predicted octanol–water partition coefficient (Wildman–Crippen LogP) is 1.61. The molecule has 1 amide bonds. The zero-order valence-electron chi connectivity index (χ0n) is 16.0. The number of fused-ring (bicyclic) bond motifs is 1. The lowest BCUT2D eigenvalue weighted by molar-refractivity contribution is 0.0587. The SMILES string of the molecule is CC(C)Cn1c(=O)c(C(=O)N2CCN(C(C)C)CC2)nc2cccnc21. The van der Waals surface area contributed by atoms with Crippen LogP contribution in [0.4, 0.5) is 0 Å². The number of hydrogen-bond donors (Lipinski definition) is 0. The molecule has 3 rings (SSSR count). The Bertz CT molecular complexity index is 851. The first-order chi connectivity index (χ1) is 12.4. The quantitative estimate of drug-likeness (QED) is 0.831. The zero-order chi connectivity index (χ0) is 18.8. The third-order valence-electron chi connectivity index (χ3n) is 4.78. The molecule has 0 radical (unpaired) electrons. The smallest absolute Gasteiger partial charge is 0.283 e. The zero-order valence-corrected chi connectivity index (χ0v) is 16.0. The normalized spacial score (nSPS) is 16.0. The first-order valence-corrected chi connectivity index (χ1v) is 9.27. The molecule has 7 heteroatoms. The molecule has 7 nitrogen and oxygen atoms in total. The van der Waals surface area contributed by atoms with Crippen LogP contribution in [0.1, 0.15) is 38.2 Å². The molecule has 1 aliphatic heterocycles. The lowest BCUT2D eigenvalue weighted by Crippen LogP contribution is -2.51. The molecule has 140 valence electrons.